The van der Waals surface area contributed by atoms with Crippen LogP contribution in [-0.2, 0) is 9.53 Å². The van der Waals surface area contributed by atoms with Crippen LogP contribution in [0.15, 0.2) is 73.3 Å². The van der Waals surface area contributed by atoms with Gasteiger partial charge in [-0.2, -0.15) is 0 Å². The molecule has 0 heterocycles. The van der Waals surface area contributed by atoms with E-state index in [2.05, 4.69) is 11.9 Å². The molecule has 0 radical (unpaired) electrons. The second-order valence-corrected chi connectivity index (χ2v) is 5.07. The highest BCUT2D eigenvalue weighted by atomic mass is 16.5. The van der Waals surface area contributed by atoms with Gasteiger partial charge in [-0.15, -0.1) is 0 Å². The molecule has 2 aromatic carbocycles. The van der Waals surface area contributed by atoms with Gasteiger partial charge in [0.05, 0.1) is 12.6 Å². The third kappa shape index (κ3) is 4.57. The minimum Gasteiger partial charge on any atom is -0.457 e. The summed E-state index contributed by atoms with van der Waals surface area (Å²) < 4.78 is 5.20. The Balaban J connectivity index is 2.09. The standard InChI is InChI=1S/C19H21NO2/c1-3-15(2)22-18(21)14-20-19(16-10-6-4-7-11-16)17-12-8-5-9-13-17/h3-13,15,19-20H,1,14H2,2H3. The molecular weight excluding hydrogens is 274 g/mol. The van der Waals surface area contributed by atoms with Gasteiger partial charge in [0.2, 0.25) is 0 Å². The van der Waals surface area contributed by atoms with E-state index >= 15 is 0 Å². The molecule has 3 nitrogen and oxygen atoms in total. The van der Waals surface area contributed by atoms with Crippen molar-refractivity contribution in [3.05, 3.63) is 84.4 Å². The van der Waals surface area contributed by atoms with Gasteiger partial charge < -0.3 is 4.74 Å². The summed E-state index contributed by atoms with van der Waals surface area (Å²) >= 11 is 0. The first-order valence-electron chi connectivity index (χ1n) is 7.36. The summed E-state index contributed by atoms with van der Waals surface area (Å²) in [7, 11) is 0. The molecule has 1 unspecified atom stereocenters. The normalized spacial score (nSPS) is 11.9. The Morgan fingerprint density at radius 3 is 2.05 bits per heavy atom. The van der Waals surface area contributed by atoms with Crippen LogP contribution in [0, 0.1) is 0 Å². The maximum absolute atomic E-state index is 11.8. The average Bonchev–Trinajstić information content (AvgIpc) is 2.57. The minimum absolute atomic E-state index is 0.0472. The van der Waals surface area contributed by atoms with Crippen molar-refractivity contribution in [2.45, 2.75) is 19.1 Å². The Morgan fingerprint density at radius 1 is 1.09 bits per heavy atom. The lowest BCUT2D eigenvalue weighted by Gasteiger charge is -2.20. The molecule has 22 heavy (non-hydrogen) atoms. The predicted molar refractivity (Wildman–Crippen MR) is 88.5 cm³/mol. The molecule has 0 saturated heterocycles. The predicted octanol–water partition coefficient (Wildman–Crippen LogP) is 3.48. The van der Waals surface area contributed by atoms with Crippen molar-refractivity contribution >= 4 is 5.97 Å². The topological polar surface area (TPSA) is 38.3 Å². The van der Waals surface area contributed by atoms with E-state index in [4.69, 9.17) is 4.74 Å². The number of benzene rings is 2. The monoisotopic (exact) mass is 295 g/mol. The van der Waals surface area contributed by atoms with Crippen molar-refractivity contribution in [2.24, 2.45) is 0 Å². The van der Waals surface area contributed by atoms with E-state index in [9.17, 15) is 4.79 Å². The lowest BCUT2D eigenvalue weighted by molar-refractivity contribution is -0.145. The minimum atomic E-state index is -0.288. The maximum Gasteiger partial charge on any atom is 0.320 e. The molecule has 0 aliphatic heterocycles. The highest BCUT2D eigenvalue weighted by molar-refractivity contribution is 5.72. The molecule has 1 N–H and O–H groups in total. The van der Waals surface area contributed by atoms with Gasteiger partial charge in [-0.1, -0.05) is 73.3 Å². The van der Waals surface area contributed by atoms with E-state index in [-0.39, 0.29) is 24.7 Å². The molecule has 0 fully saturated rings. The molecule has 2 aromatic rings. The van der Waals surface area contributed by atoms with Gasteiger partial charge in [0.25, 0.3) is 0 Å². The zero-order chi connectivity index (χ0) is 15.8. The van der Waals surface area contributed by atoms with E-state index < -0.39 is 0 Å². The maximum atomic E-state index is 11.8. The van der Waals surface area contributed by atoms with Crippen LogP contribution in [0.5, 0.6) is 0 Å². The summed E-state index contributed by atoms with van der Waals surface area (Å²) in [5, 5.41) is 3.27. The Bertz CT molecular complexity index is 556. The second kappa shape index (κ2) is 8.15. The first-order chi connectivity index (χ1) is 10.7. The summed E-state index contributed by atoms with van der Waals surface area (Å²) in [6.45, 7) is 5.54. The lowest BCUT2D eigenvalue weighted by atomic mass is 9.99. The van der Waals surface area contributed by atoms with Gasteiger partial charge in [-0.05, 0) is 18.1 Å². The number of carbonyl (C=O) groups excluding carboxylic acids is 1. The lowest BCUT2D eigenvalue weighted by Crippen LogP contribution is -2.30. The van der Waals surface area contributed by atoms with Gasteiger partial charge >= 0.3 is 5.97 Å². The number of hydrogen-bond donors (Lipinski definition) is 1. The second-order valence-electron chi connectivity index (χ2n) is 5.07. The van der Waals surface area contributed by atoms with Crippen LogP contribution in [0.1, 0.15) is 24.1 Å². The molecule has 3 heteroatoms. The van der Waals surface area contributed by atoms with Crippen molar-refractivity contribution in [1.29, 1.82) is 0 Å². The zero-order valence-corrected chi connectivity index (χ0v) is 12.7. The van der Waals surface area contributed by atoms with Crippen molar-refractivity contribution in [2.75, 3.05) is 6.54 Å². The number of ether oxygens (including phenoxy) is 1. The Kier molecular flexibility index (Phi) is 5.92. The first-order valence-corrected chi connectivity index (χ1v) is 7.36. The van der Waals surface area contributed by atoms with Crippen LogP contribution >= 0.6 is 0 Å². The van der Waals surface area contributed by atoms with E-state index in [1.54, 1.807) is 13.0 Å². The Hall–Kier alpha value is -2.39. The third-order valence-corrected chi connectivity index (χ3v) is 3.37. The number of rotatable bonds is 7. The molecular formula is C19H21NO2. The molecule has 0 aliphatic carbocycles. The summed E-state index contributed by atoms with van der Waals surface area (Å²) in [4.78, 5) is 11.8. The summed E-state index contributed by atoms with van der Waals surface area (Å²) in [5.41, 5.74) is 2.22. The summed E-state index contributed by atoms with van der Waals surface area (Å²) in [5.74, 6) is -0.288. The molecule has 1 atom stereocenters. The summed E-state index contributed by atoms with van der Waals surface area (Å²) in [6, 6.07) is 20.0. The van der Waals surface area contributed by atoms with Gasteiger partial charge in [-0.25, -0.2) is 0 Å². The highest BCUT2D eigenvalue weighted by Gasteiger charge is 2.15. The highest BCUT2D eigenvalue weighted by Crippen LogP contribution is 2.21. The van der Waals surface area contributed by atoms with E-state index in [1.807, 2.05) is 60.7 Å². The molecule has 0 bridgehead atoms. The van der Waals surface area contributed by atoms with E-state index in [0.29, 0.717) is 0 Å². The van der Waals surface area contributed by atoms with E-state index in [0.717, 1.165) is 11.1 Å². The zero-order valence-electron chi connectivity index (χ0n) is 12.7. The van der Waals surface area contributed by atoms with Gasteiger partial charge in [-0.3, -0.25) is 10.1 Å². The SMILES string of the molecule is C=CC(C)OC(=O)CNC(c1ccccc1)c1ccccc1. The quantitative estimate of drug-likeness (QED) is 0.628. The van der Waals surface area contributed by atoms with Crippen LogP contribution in [0.25, 0.3) is 0 Å². The van der Waals surface area contributed by atoms with Crippen LogP contribution < -0.4 is 5.32 Å². The van der Waals surface area contributed by atoms with Crippen molar-refractivity contribution < 1.29 is 9.53 Å². The van der Waals surface area contributed by atoms with E-state index in [1.165, 1.54) is 0 Å². The molecule has 0 saturated carbocycles. The molecule has 0 spiro atoms. The van der Waals surface area contributed by atoms with Gasteiger partial charge in [0.15, 0.2) is 0 Å². The van der Waals surface area contributed by atoms with Crippen molar-refractivity contribution in [3.8, 4) is 0 Å². The fourth-order valence-electron chi connectivity index (χ4n) is 2.20. The molecule has 0 amide bonds. The van der Waals surface area contributed by atoms with Crippen LogP contribution in [0.3, 0.4) is 0 Å². The molecule has 114 valence electrons. The average molecular weight is 295 g/mol. The van der Waals surface area contributed by atoms with Crippen molar-refractivity contribution in [3.63, 3.8) is 0 Å². The molecule has 0 aromatic heterocycles. The largest absolute Gasteiger partial charge is 0.457 e. The first kappa shape index (κ1) is 16.0. The van der Waals surface area contributed by atoms with Crippen LogP contribution in [0.2, 0.25) is 0 Å². The number of nitrogens with one attached hydrogen (secondary N) is 1. The van der Waals surface area contributed by atoms with Gasteiger partial charge in [0.1, 0.15) is 6.10 Å². The Labute approximate surface area is 131 Å². The third-order valence-electron chi connectivity index (χ3n) is 3.37. The summed E-state index contributed by atoms with van der Waals surface area (Å²) in [6.07, 6.45) is 1.32. The number of esters is 1. The fraction of sp³-hybridized carbons (Fsp3) is 0.211. The van der Waals surface area contributed by atoms with Crippen LogP contribution in [0.4, 0.5) is 0 Å². The Morgan fingerprint density at radius 2 is 1.59 bits per heavy atom. The van der Waals surface area contributed by atoms with Crippen molar-refractivity contribution in [1.82, 2.24) is 5.32 Å². The van der Waals surface area contributed by atoms with Gasteiger partial charge in [0, 0.05) is 0 Å². The number of hydrogen-bond acceptors (Lipinski definition) is 3. The molecule has 0 aliphatic rings. The smallest absolute Gasteiger partial charge is 0.320 e. The molecule has 2 rings (SSSR count). The fourth-order valence-corrected chi connectivity index (χ4v) is 2.20. The van der Waals surface area contributed by atoms with Crippen LogP contribution in [-0.4, -0.2) is 18.6 Å². The number of carbonyl (C=O) groups is 1.